The number of carbonyl (C=O) groups is 1. The predicted molar refractivity (Wildman–Crippen MR) is 73.9 cm³/mol. The van der Waals surface area contributed by atoms with E-state index in [-0.39, 0.29) is 24.4 Å². The van der Waals surface area contributed by atoms with E-state index < -0.39 is 0 Å². The molecule has 0 spiro atoms. The summed E-state index contributed by atoms with van der Waals surface area (Å²) >= 11 is 0. The highest BCUT2D eigenvalue weighted by atomic mass is 35.5. The molecule has 2 aliphatic rings. The molecule has 1 unspecified atom stereocenters. The van der Waals surface area contributed by atoms with Gasteiger partial charge >= 0.3 is 0 Å². The molecule has 3 rings (SSSR count). The summed E-state index contributed by atoms with van der Waals surface area (Å²) in [5.41, 5.74) is 3.91. The quantitative estimate of drug-likeness (QED) is 0.850. The van der Waals surface area contributed by atoms with Crippen molar-refractivity contribution in [1.29, 1.82) is 0 Å². The number of fused-ring (bicyclic) bond motifs is 1. The average molecular weight is 268 g/mol. The maximum Gasteiger partial charge on any atom is 0.224 e. The van der Waals surface area contributed by atoms with Crippen molar-refractivity contribution in [3.63, 3.8) is 0 Å². The van der Waals surface area contributed by atoms with Crippen molar-refractivity contribution in [2.24, 2.45) is 0 Å². The zero-order valence-corrected chi connectivity index (χ0v) is 11.2. The molecule has 2 heterocycles. The minimum Gasteiger partial charge on any atom is -0.380 e. The molecule has 1 atom stereocenters. The van der Waals surface area contributed by atoms with Crippen LogP contribution in [0.2, 0.25) is 0 Å². The zero-order valence-electron chi connectivity index (χ0n) is 10.4. The Labute approximate surface area is 113 Å². The minimum absolute atomic E-state index is 0. The molecule has 0 bridgehead atoms. The van der Waals surface area contributed by atoms with Gasteiger partial charge in [0.15, 0.2) is 0 Å². The van der Waals surface area contributed by atoms with Crippen LogP contribution >= 0.6 is 12.4 Å². The van der Waals surface area contributed by atoms with Crippen LogP contribution in [0.4, 0.5) is 5.69 Å². The van der Waals surface area contributed by atoms with E-state index >= 15 is 0 Å². The average Bonchev–Trinajstić information content (AvgIpc) is 2.87. The van der Waals surface area contributed by atoms with Gasteiger partial charge in [0, 0.05) is 38.8 Å². The van der Waals surface area contributed by atoms with Crippen LogP contribution in [0.3, 0.4) is 0 Å². The van der Waals surface area contributed by atoms with Crippen LogP contribution in [-0.4, -0.2) is 30.4 Å². The maximum atomic E-state index is 11.5. The van der Waals surface area contributed by atoms with Crippen LogP contribution in [0, 0.1) is 0 Å². The van der Waals surface area contributed by atoms with E-state index in [1.54, 1.807) is 4.90 Å². The van der Waals surface area contributed by atoms with Gasteiger partial charge in [0.05, 0.1) is 6.04 Å². The number of amides is 1. The molecule has 1 aromatic rings. The van der Waals surface area contributed by atoms with Gasteiger partial charge in [-0.25, -0.2) is 0 Å². The maximum absolute atomic E-state index is 11.5. The van der Waals surface area contributed by atoms with E-state index in [1.807, 2.05) is 7.05 Å². The first kappa shape index (κ1) is 13.2. The third-order valence-electron chi connectivity index (χ3n) is 3.59. The molecular formula is C13H18ClN3O. The Bertz CT molecular complexity index is 464. The highest BCUT2D eigenvalue weighted by Gasteiger charge is 2.27. The molecule has 0 aliphatic carbocycles. The standard InChI is InChI=1S/C13H17N3O.ClH/c1-16-8-10(5-13(16)17)15-12-4-2-3-9-6-14-7-11(9)12;/h2-4,10,14-15H,5-8H2,1H3;1H. The molecular weight excluding hydrogens is 250 g/mol. The van der Waals surface area contributed by atoms with Crippen molar-refractivity contribution in [3.05, 3.63) is 29.3 Å². The van der Waals surface area contributed by atoms with E-state index in [1.165, 1.54) is 16.8 Å². The summed E-state index contributed by atoms with van der Waals surface area (Å²) in [7, 11) is 1.86. The number of nitrogens with one attached hydrogen (secondary N) is 2. The topological polar surface area (TPSA) is 44.4 Å². The Hall–Kier alpha value is -1.26. The second-order valence-electron chi connectivity index (χ2n) is 4.87. The molecule has 4 nitrogen and oxygen atoms in total. The van der Waals surface area contributed by atoms with Gasteiger partial charge < -0.3 is 15.5 Å². The predicted octanol–water partition coefficient (Wildman–Crippen LogP) is 1.35. The second-order valence-corrected chi connectivity index (χ2v) is 4.87. The van der Waals surface area contributed by atoms with Gasteiger partial charge in [0.25, 0.3) is 0 Å². The fourth-order valence-corrected chi connectivity index (χ4v) is 2.65. The lowest BCUT2D eigenvalue weighted by Gasteiger charge is -2.16. The van der Waals surface area contributed by atoms with Crippen molar-refractivity contribution in [1.82, 2.24) is 10.2 Å². The van der Waals surface area contributed by atoms with Gasteiger partial charge in [-0.1, -0.05) is 12.1 Å². The monoisotopic (exact) mass is 267 g/mol. The van der Waals surface area contributed by atoms with E-state index in [4.69, 9.17) is 0 Å². The summed E-state index contributed by atoms with van der Waals surface area (Å²) in [6.45, 7) is 2.68. The van der Waals surface area contributed by atoms with Crippen LogP contribution in [0.15, 0.2) is 18.2 Å². The van der Waals surface area contributed by atoms with Crippen LogP contribution in [0.5, 0.6) is 0 Å². The summed E-state index contributed by atoms with van der Waals surface area (Å²) < 4.78 is 0. The number of hydrogen-bond acceptors (Lipinski definition) is 3. The highest BCUT2D eigenvalue weighted by molar-refractivity contribution is 5.85. The third kappa shape index (κ3) is 2.31. The van der Waals surface area contributed by atoms with Crippen LogP contribution < -0.4 is 10.6 Å². The largest absolute Gasteiger partial charge is 0.380 e. The number of carbonyl (C=O) groups excluding carboxylic acids is 1. The van der Waals surface area contributed by atoms with Gasteiger partial charge in [-0.2, -0.15) is 0 Å². The normalized spacial score (nSPS) is 21.7. The number of likely N-dealkylation sites (tertiary alicyclic amines) is 1. The van der Waals surface area contributed by atoms with Crippen LogP contribution in [0.25, 0.3) is 0 Å². The first-order valence-corrected chi connectivity index (χ1v) is 6.06. The summed E-state index contributed by atoms with van der Waals surface area (Å²) in [4.78, 5) is 13.3. The smallest absolute Gasteiger partial charge is 0.224 e. The Balaban J connectivity index is 0.00000120. The van der Waals surface area contributed by atoms with Gasteiger partial charge in [0.1, 0.15) is 0 Å². The SMILES string of the molecule is CN1CC(Nc2cccc3c2CNC3)CC1=O.Cl. The summed E-state index contributed by atoms with van der Waals surface area (Å²) in [5, 5.41) is 6.85. The van der Waals surface area contributed by atoms with Crippen LogP contribution in [-0.2, 0) is 17.9 Å². The van der Waals surface area contributed by atoms with Gasteiger partial charge in [-0.15, -0.1) is 12.4 Å². The number of halogens is 1. The molecule has 0 radical (unpaired) electrons. The molecule has 1 aromatic carbocycles. The van der Waals surface area contributed by atoms with Crippen molar-refractivity contribution >= 4 is 24.0 Å². The summed E-state index contributed by atoms with van der Waals surface area (Å²) in [6, 6.07) is 6.59. The molecule has 18 heavy (non-hydrogen) atoms. The Morgan fingerprint density at radius 3 is 2.94 bits per heavy atom. The molecule has 5 heteroatoms. The Kier molecular flexibility index (Phi) is 3.78. The van der Waals surface area contributed by atoms with Crippen LogP contribution in [0.1, 0.15) is 17.5 Å². The lowest BCUT2D eigenvalue weighted by atomic mass is 10.1. The first-order valence-electron chi connectivity index (χ1n) is 6.06. The van der Waals surface area contributed by atoms with E-state index in [2.05, 4.69) is 28.8 Å². The van der Waals surface area contributed by atoms with Crippen molar-refractivity contribution in [2.45, 2.75) is 25.6 Å². The molecule has 1 amide bonds. The fourth-order valence-electron chi connectivity index (χ4n) is 2.65. The zero-order chi connectivity index (χ0) is 11.8. The number of benzene rings is 1. The third-order valence-corrected chi connectivity index (χ3v) is 3.59. The van der Waals surface area contributed by atoms with Gasteiger partial charge in [0.2, 0.25) is 5.91 Å². The lowest BCUT2D eigenvalue weighted by Crippen LogP contribution is -2.24. The molecule has 0 saturated carbocycles. The molecule has 1 fully saturated rings. The minimum atomic E-state index is 0. The van der Waals surface area contributed by atoms with Gasteiger partial charge in [-0.05, 0) is 17.2 Å². The first-order chi connectivity index (χ1) is 8.24. The number of likely N-dealkylation sites (N-methyl/N-ethyl adjacent to an activating group) is 1. The molecule has 2 N–H and O–H groups in total. The second kappa shape index (κ2) is 5.16. The molecule has 0 aromatic heterocycles. The van der Waals surface area contributed by atoms with Crippen molar-refractivity contribution in [2.75, 3.05) is 18.9 Å². The van der Waals surface area contributed by atoms with E-state index in [0.717, 1.165) is 19.6 Å². The van der Waals surface area contributed by atoms with E-state index in [9.17, 15) is 4.79 Å². The Morgan fingerprint density at radius 2 is 2.22 bits per heavy atom. The summed E-state index contributed by atoms with van der Waals surface area (Å²) in [5.74, 6) is 0.230. The van der Waals surface area contributed by atoms with Crippen molar-refractivity contribution in [3.8, 4) is 0 Å². The van der Waals surface area contributed by atoms with Crippen molar-refractivity contribution < 1.29 is 4.79 Å². The van der Waals surface area contributed by atoms with Gasteiger partial charge in [-0.3, -0.25) is 4.79 Å². The number of anilines is 1. The Morgan fingerprint density at radius 1 is 1.39 bits per heavy atom. The number of hydrogen-bond donors (Lipinski definition) is 2. The summed E-state index contributed by atoms with van der Waals surface area (Å²) in [6.07, 6.45) is 0.605. The highest BCUT2D eigenvalue weighted by Crippen LogP contribution is 2.26. The fraction of sp³-hybridized carbons (Fsp3) is 0.462. The molecule has 2 aliphatic heterocycles. The molecule has 1 saturated heterocycles. The van der Waals surface area contributed by atoms with E-state index in [0.29, 0.717) is 6.42 Å². The molecule has 98 valence electrons. The number of rotatable bonds is 2. The lowest BCUT2D eigenvalue weighted by molar-refractivity contribution is -0.126. The number of nitrogens with zero attached hydrogens (tertiary/aromatic N) is 1.